The quantitative estimate of drug-likeness (QED) is 0.662. The number of nitrogens with two attached hydrogens (primary N) is 1. The number of carbonyl (C=O) groups excluding carboxylic acids is 1. The second-order valence-corrected chi connectivity index (χ2v) is 7.19. The van der Waals surface area contributed by atoms with Crippen molar-refractivity contribution in [2.45, 2.75) is 31.7 Å². The van der Waals surface area contributed by atoms with Crippen LogP contribution in [0, 0.1) is 0 Å². The number of carbonyl (C=O) groups is 1. The van der Waals surface area contributed by atoms with Crippen molar-refractivity contribution >= 4 is 22.8 Å². The summed E-state index contributed by atoms with van der Waals surface area (Å²) < 4.78 is 17.9. The van der Waals surface area contributed by atoms with Crippen LogP contribution < -0.4 is 15.8 Å². The summed E-state index contributed by atoms with van der Waals surface area (Å²) in [6.45, 7) is -0.712. The van der Waals surface area contributed by atoms with Gasteiger partial charge in [0.05, 0.1) is 10.9 Å². The molecule has 1 aromatic heterocycles. The fraction of sp³-hybridized carbons (Fsp3) is 0.318. The van der Waals surface area contributed by atoms with Crippen LogP contribution in [0.3, 0.4) is 0 Å². The minimum atomic E-state index is -0.616. The first-order valence-electron chi connectivity index (χ1n) is 9.81. The smallest absolute Gasteiger partial charge is 0.251 e. The van der Waals surface area contributed by atoms with Gasteiger partial charge in [0.25, 0.3) is 5.91 Å². The Bertz CT molecular complexity index is 1020. The van der Waals surface area contributed by atoms with Gasteiger partial charge in [-0.2, -0.15) is 4.98 Å². The van der Waals surface area contributed by atoms with E-state index in [0.717, 1.165) is 24.0 Å². The molecule has 6 nitrogen and oxygen atoms in total. The molecule has 0 atom stereocenters. The van der Waals surface area contributed by atoms with Crippen molar-refractivity contribution in [3.05, 3.63) is 48.0 Å². The number of ether oxygens (including phenoxy) is 1. The first-order chi connectivity index (χ1) is 14.1. The summed E-state index contributed by atoms with van der Waals surface area (Å²) in [4.78, 5) is 20.7. The Morgan fingerprint density at radius 1 is 1.10 bits per heavy atom. The standard InChI is InChI=1S/C22H23FN4O2/c23-11-12-29-21-18-13-16(9-10-19(18)26-22(24)27-21)14-5-7-15(8-6-14)20(28)25-17-3-1-2-4-17/h5-10,13,17H,1-4,11-12H2,(H,25,28)(H2,24,26,27). The number of benzene rings is 2. The van der Waals surface area contributed by atoms with Gasteiger partial charge in [0.2, 0.25) is 11.8 Å². The minimum absolute atomic E-state index is 0.0345. The lowest BCUT2D eigenvalue weighted by Crippen LogP contribution is -2.32. The molecule has 0 aliphatic heterocycles. The first kappa shape index (κ1) is 19.1. The number of fused-ring (bicyclic) bond motifs is 1. The highest BCUT2D eigenvalue weighted by Gasteiger charge is 2.18. The molecule has 7 heteroatoms. The molecule has 1 fully saturated rings. The average molecular weight is 394 g/mol. The van der Waals surface area contributed by atoms with Crippen LogP contribution in [-0.2, 0) is 0 Å². The van der Waals surface area contributed by atoms with Crippen molar-refractivity contribution in [3.8, 4) is 17.0 Å². The number of amides is 1. The molecule has 1 heterocycles. The summed E-state index contributed by atoms with van der Waals surface area (Å²) in [5, 5.41) is 3.76. The van der Waals surface area contributed by atoms with Crippen molar-refractivity contribution in [2.75, 3.05) is 19.0 Å². The molecule has 4 rings (SSSR count). The molecule has 29 heavy (non-hydrogen) atoms. The van der Waals surface area contributed by atoms with Crippen LogP contribution in [-0.4, -0.2) is 35.2 Å². The van der Waals surface area contributed by atoms with E-state index < -0.39 is 6.67 Å². The van der Waals surface area contributed by atoms with Crippen LogP contribution >= 0.6 is 0 Å². The Kier molecular flexibility index (Phi) is 5.55. The Morgan fingerprint density at radius 2 is 1.83 bits per heavy atom. The fourth-order valence-electron chi connectivity index (χ4n) is 3.70. The van der Waals surface area contributed by atoms with Crippen LogP contribution in [0.5, 0.6) is 5.88 Å². The van der Waals surface area contributed by atoms with Gasteiger partial charge in [-0.15, -0.1) is 0 Å². The highest BCUT2D eigenvalue weighted by Crippen LogP contribution is 2.29. The molecule has 0 unspecified atom stereocenters. The van der Waals surface area contributed by atoms with Gasteiger partial charge in [0.15, 0.2) is 0 Å². The zero-order chi connectivity index (χ0) is 20.2. The number of hydrogen-bond donors (Lipinski definition) is 2. The number of anilines is 1. The van der Waals surface area contributed by atoms with E-state index in [0.29, 0.717) is 16.5 Å². The third-order valence-electron chi connectivity index (χ3n) is 5.16. The van der Waals surface area contributed by atoms with E-state index in [9.17, 15) is 9.18 Å². The average Bonchev–Trinajstić information content (AvgIpc) is 3.24. The molecule has 0 radical (unpaired) electrons. The normalized spacial score (nSPS) is 14.2. The third-order valence-corrected chi connectivity index (χ3v) is 5.16. The first-order valence-corrected chi connectivity index (χ1v) is 9.81. The molecular weight excluding hydrogens is 371 g/mol. The second kappa shape index (κ2) is 8.43. The summed E-state index contributed by atoms with van der Waals surface area (Å²) in [6.07, 6.45) is 4.47. The van der Waals surface area contributed by atoms with Gasteiger partial charge in [-0.25, -0.2) is 9.37 Å². The predicted molar refractivity (Wildman–Crippen MR) is 111 cm³/mol. The van der Waals surface area contributed by atoms with Gasteiger partial charge in [0.1, 0.15) is 13.3 Å². The summed E-state index contributed by atoms with van der Waals surface area (Å²) in [5.41, 5.74) is 8.84. The van der Waals surface area contributed by atoms with Crippen LogP contribution in [0.25, 0.3) is 22.0 Å². The Hall–Kier alpha value is -3.22. The number of hydrogen-bond acceptors (Lipinski definition) is 5. The third kappa shape index (κ3) is 4.29. The van der Waals surface area contributed by atoms with Crippen molar-refractivity contribution < 1.29 is 13.9 Å². The Labute approximate surface area is 168 Å². The van der Waals surface area contributed by atoms with Crippen molar-refractivity contribution in [2.24, 2.45) is 0 Å². The molecule has 150 valence electrons. The minimum Gasteiger partial charge on any atom is -0.474 e. The SMILES string of the molecule is Nc1nc(OCCF)c2cc(-c3ccc(C(=O)NC4CCCC4)cc3)ccc2n1. The monoisotopic (exact) mass is 394 g/mol. The number of alkyl halides is 1. The maximum absolute atomic E-state index is 12.5. The molecule has 2 aromatic carbocycles. The molecule has 3 N–H and O–H groups in total. The molecule has 0 bridgehead atoms. The number of nitrogen functional groups attached to an aromatic ring is 1. The maximum Gasteiger partial charge on any atom is 0.251 e. The molecule has 3 aromatic rings. The number of nitrogens with zero attached hydrogens (tertiary/aromatic N) is 2. The lowest BCUT2D eigenvalue weighted by atomic mass is 10.0. The maximum atomic E-state index is 12.5. The van der Waals surface area contributed by atoms with Crippen LogP contribution in [0.4, 0.5) is 10.3 Å². The van der Waals surface area contributed by atoms with E-state index in [1.54, 1.807) is 0 Å². The number of rotatable bonds is 6. The molecule has 1 aliphatic rings. The Balaban J connectivity index is 1.58. The van der Waals surface area contributed by atoms with Gasteiger partial charge in [-0.3, -0.25) is 4.79 Å². The second-order valence-electron chi connectivity index (χ2n) is 7.19. The van der Waals surface area contributed by atoms with Crippen LogP contribution in [0.1, 0.15) is 36.0 Å². The Morgan fingerprint density at radius 3 is 2.55 bits per heavy atom. The molecular formula is C22H23FN4O2. The lowest BCUT2D eigenvalue weighted by Gasteiger charge is -2.12. The van der Waals surface area contributed by atoms with Gasteiger partial charge >= 0.3 is 0 Å². The van der Waals surface area contributed by atoms with E-state index in [2.05, 4.69) is 15.3 Å². The van der Waals surface area contributed by atoms with E-state index in [4.69, 9.17) is 10.5 Å². The zero-order valence-corrected chi connectivity index (χ0v) is 16.0. The van der Waals surface area contributed by atoms with Crippen molar-refractivity contribution in [1.29, 1.82) is 0 Å². The van der Waals surface area contributed by atoms with E-state index in [-0.39, 0.29) is 30.4 Å². The highest BCUT2D eigenvalue weighted by molar-refractivity contribution is 5.95. The topological polar surface area (TPSA) is 90.1 Å². The van der Waals surface area contributed by atoms with Crippen molar-refractivity contribution in [3.63, 3.8) is 0 Å². The van der Waals surface area contributed by atoms with E-state index in [1.165, 1.54) is 12.8 Å². The summed E-state index contributed by atoms with van der Waals surface area (Å²) >= 11 is 0. The fourth-order valence-corrected chi connectivity index (χ4v) is 3.70. The molecule has 1 saturated carbocycles. The highest BCUT2D eigenvalue weighted by atomic mass is 19.1. The van der Waals surface area contributed by atoms with Crippen LogP contribution in [0.2, 0.25) is 0 Å². The molecule has 1 amide bonds. The molecule has 0 spiro atoms. The van der Waals surface area contributed by atoms with E-state index >= 15 is 0 Å². The summed E-state index contributed by atoms with van der Waals surface area (Å²) in [7, 11) is 0. The predicted octanol–water partition coefficient (Wildman–Crippen LogP) is 3.90. The van der Waals surface area contributed by atoms with Crippen molar-refractivity contribution in [1.82, 2.24) is 15.3 Å². The largest absolute Gasteiger partial charge is 0.474 e. The molecule has 1 aliphatic carbocycles. The number of aromatic nitrogens is 2. The lowest BCUT2D eigenvalue weighted by molar-refractivity contribution is 0.0938. The summed E-state index contributed by atoms with van der Waals surface area (Å²) in [5.74, 6) is 0.309. The van der Waals surface area contributed by atoms with Crippen LogP contribution in [0.15, 0.2) is 42.5 Å². The zero-order valence-electron chi connectivity index (χ0n) is 16.0. The summed E-state index contributed by atoms with van der Waals surface area (Å²) in [6, 6.07) is 13.4. The van der Waals surface area contributed by atoms with Gasteiger partial charge < -0.3 is 15.8 Å². The number of nitrogens with one attached hydrogen (secondary N) is 1. The molecule has 0 saturated heterocycles. The number of halogens is 1. The van der Waals surface area contributed by atoms with Gasteiger partial charge in [-0.05, 0) is 48.2 Å². The van der Waals surface area contributed by atoms with E-state index in [1.807, 2.05) is 42.5 Å². The van der Waals surface area contributed by atoms with Gasteiger partial charge in [-0.1, -0.05) is 31.0 Å². The van der Waals surface area contributed by atoms with Gasteiger partial charge in [0, 0.05) is 11.6 Å².